The Morgan fingerprint density at radius 1 is 1.10 bits per heavy atom. The maximum absolute atomic E-state index is 13.3. The fourth-order valence-electron chi connectivity index (χ4n) is 5.29. The van der Waals surface area contributed by atoms with Gasteiger partial charge < -0.3 is 19.8 Å². The van der Waals surface area contributed by atoms with Crippen LogP contribution in [0.3, 0.4) is 0 Å². The zero-order valence-corrected chi connectivity index (χ0v) is 22.2. The van der Waals surface area contributed by atoms with Crippen LogP contribution in [0.5, 0.6) is 5.75 Å². The van der Waals surface area contributed by atoms with Gasteiger partial charge in [-0.1, -0.05) is 11.6 Å². The van der Waals surface area contributed by atoms with Gasteiger partial charge in [0.05, 0.1) is 12.1 Å². The van der Waals surface area contributed by atoms with Crippen molar-refractivity contribution in [2.75, 3.05) is 31.1 Å². The topological polar surface area (TPSA) is 99.0 Å². The molecular weight excluding hydrogens is 570 g/mol. The predicted molar refractivity (Wildman–Crippen MR) is 132 cm³/mol. The van der Waals surface area contributed by atoms with E-state index in [-0.39, 0.29) is 24.0 Å². The lowest BCUT2D eigenvalue weighted by molar-refractivity contribution is -0.192. The Morgan fingerprint density at radius 2 is 1.73 bits per heavy atom. The number of piperidine rings is 1. The Morgan fingerprint density at radius 3 is 2.30 bits per heavy atom. The van der Waals surface area contributed by atoms with Gasteiger partial charge in [0.15, 0.2) is 0 Å². The lowest BCUT2D eigenvalue weighted by Crippen LogP contribution is -2.53. The van der Waals surface area contributed by atoms with Gasteiger partial charge in [0, 0.05) is 61.7 Å². The minimum atomic E-state index is -5.08. The van der Waals surface area contributed by atoms with Gasteiger partial charge in [-0.15, -0.1) is 0 Å². The number of ether oxygens (including phenoxy) is 1. The molecule has 8 nitrogen and oxygen atoms in total. The number of nitrogens with zero attached hydrogens (tertiary/aromatic N) is 4. The lowest BCUT2D eigenvalue weighted by atomic mass is 9.86. The summed E-state index contributed by atoms with van der Waals surface area (Å²) in [6.45, 7) is 5.41. The number of rotatable bonds is 2. The molecule has 0 aliphatic carbocycles. The zero-order valence-electron chi connectivity index (χ0n) is 21.5. The Hall–Kier alpha value is -2.84. The van der Waals surface area contributed by atoms with E-state index in [2.05, 4.69) is 14.9 Å². The molecule has 220 valence electrons. The third kappa shape index (κ3) is 6.39. The number of hydrogen-bond acceptors (Lipinski definition) is 7. The van der Waals surface area contributed by atoms with E-state index in [4.69, 9.17) is 26.2 Å². The Balaban J connectivity index is 0.000000470. The van der Waals surface area contributed by atoms with Crippen LogP contribution in [0.4, 0.5) is 32.2 Å². The molecule has 1 unspecified atom stereocenters. The van der Waals surface area contributed by atoms with Crippen molar-refractivity contribution >= 4 is 23.4 Å². The number of β-amino-alcohol motifs (C(OH)–C–C–N with tert-alkyl or cyclic N) is 1. The summed E-state index contributed by atoms with van der Waals surface area (Å²) >= 11 is 6.13. The zero-order chi connectivity index (χ0) is 29.6. The van der Waals surface area contributed by atoms with Gasteiger partial charge in [-0.3, -0.25) is 4.90 Å². The smallest absolute Gasteiger partial charge is 0.487 e. The van der Waals surface area contributed by atoms with Gasteiger partial charge >= 0.3 is 18.3 Å². The largest absolute Gasteiger partial charge is 0.490 e. The first-order valence-electron chi connectivity index (χ1n) is 12.4. The number of benzene rings is 1. The minimum absolute atomic E-state index is 0.176. The first kappa shape index (κ1) is 30.1. The first-order valence-corrected chi connectivity index (χ1v) is 12.7. The molecule has 2 atom stereocenters. The average Bonchev–Trinajstić information content (AvgIpc) is 3.40. The fourth-order valence-corrected chi connectivity index (χ4v) is 5.49. The van der Waals surface area contributed by atoms with Gasteiger partial charge in [0.1, 0.15) is 17.2 Å². The van der Waals surface area contributed by atoms with E-state index >= 15 is 0 Å². The van der Waals surface area contributed by atoms with E-state index in [9.17, 15) is 31.4 Å². The molecule has 0 amide bonds. The highest BCUT2D eigenvalue weighted by Crippen LogP contribution is 2.42. The molecule has 15 heteroatoms. The standard InChI is InChI=1S/C23H26ClF3N4O2.C2HF3O2/c1-13-14(2)28-21(23(25,26)27)29-20(13)31-11-17(18(32)12-31)30-7-5-22(6-8-30)10-15-9-16(24)3-4-19(15)33-22;3-2(4,5)1(6)7/h3-4,9,17-18,32H,5-8,10-12H2,1-2H3;(H,6,7)/t17?,18-;/m1./s1. The summed E-state index contributed by atoms with van der Waals surface area (Å²) in [4.78, 5) is 20.3. The second-order valence-electron chi connectivity index (χ2n) is 10.2. The van der Waals surface area contributed by atoms with E-state index in [1.54, 1.807) is 18.7 Å². The number of anilines is 1. The number of hydrogen-bond donors (Lipinski definition) is 2. The molecule has 5 rings (SSSR count). The lowest BCUT2D eigenvalue weighted by Gasteiger charge is -2.41. The number of carboxylic acid groups (broad SMARTS) is 1. The highest BCUT2D eigenvalue weighted by Gasteiger charge is 2.46. The van der Waals surface area contributed by atoms with Crippen molar-refractivity contribution in [3.05, 3.63) is 45.9 Å². The molecule has 1 spiro atoms. The molecule has 40 heavy (non-hydrogen) atoms. The molecule has 0 radical (unpaired) electrons. The summed E-state index contributed by atoms with van der Waals surface area (Å²) in [5, 5.41) is 18.6. The average molecular weight is 597 g/mol. The Bertz CT molecular complexity index is 1270. The van der Waals surface area contributed by atoms with E-state index in [1.165, 1.54) is 0 Å². The first-order chi connectivity index (χ1) is 18.5. The number of likely N-dealkylation sites (tertiary alicyclic amines) is 1. The summed E-state index contributed by atoms with van der Waals surface area (Å²) in [6, 6.07) is 5.53. The highest BCUT2D eigenvalue weighted by molar-refractivity contribution is 6.30. The number of aryl methyl sites for hydroxylation is 1. The van der Waals surface area contributed by atoms with Gasteiger partial charge in [-0.25, -0.2) is 14.8 Å². The molecule has 2 saturated heterocycles. The molecule has 1 aromatic carbocycles. The van der Waals surface area contributed by atoms with Crippen molar-refractivity contribution in [2.45, 2.75) is 63.2 Å². The van der Waals surface area contributed by atoms with Crippen molar-refractivity contribution in [2.24, 2.45) is 0 Å². The van der Waals surface area contributed by atoms with Crippen molar-refractivity contribution in [1.29, 1.82) is 0 Å². The molecular formula is C25H27ClF6N4O4. The normalized spacial score (nSPS) is 22.5. The van der Waals surface area contributed by atoms with Crippen LogP contribution in [0.25, 0.3) is 0 Å². The van der Waals surface area contributed by atoms with E-state index in [0.717, 1.165) is 43.7 Å². The molecule has 2 aromatic rings. The summed E-state index contributed by atoms with van der Waals surface area (Å²) in [5.41, 5.74) is 1.76. The number of fused-ring (bicyclic) bond motifs is 1. The van der Waals surface area contributed by atoms with Crippen LogP contribution in [0.15, 0.2) is 18.2 Å². The summed E-state index contributed by atoms with van der Waals surface area (Å²) in [6.07, 6.45) is -7.94. The van der Waals surface area contributed by atoms with Gasteiger partial charge in [0.25, 0.3) is 0 Å². The maximum Gasteiger partial charge on any atom is 0.490 e. The predicted octanol–water partition coefficient (Wildman–Crippen LogP) is 4.42. The van der Waals surface area contributed by atoms with Crippen molar-refractivity contribution < 1.29 is 46.1 Å². The second-order valence-corrected chi connectivity index (χ2v) is 10.6. The molecule has 3 aliphatic heterocycles. The van der Waals surface area contributed by atoms with Gasteiger partial charge in [-0.2, -0.15) is 26.3 Å². The number of carbonyl (C=O) groups is 1. The van der Waals surface area contributed by atoms with Crippen LogP contribution in [-0.2, 0) is 17.4 Å². The molecule has 4 heterocycles. The Kier molecular flexibility index (Phi) is 8.18. The Labute approximate surface area is 230 Å². The van der Waals surface area contributed by atoms with Crippen LogP contribution in [-0.4, -0.2) is 81.2 Å². The van der Waals surface area contributed by atoms with Gasteiger partial charge in [0.2, 0.25) is 5.82 Å². The molecule has 2 N–H and O–H groups in total. The molecule has 1 aromatic heterocycles. The summed E-state index contributed by atoms with van der Waals surface area (Å²) in [7, 11) is 0. The maximum atomic E-state index is 13.3. The van der Waals surface area contributed by atoms with Crippen LogP contribution in [0, 0.1) is 13.8 Å². The quantitative estimate of drug-likeness (QED) is 0.492. The van der Waals surface area contributed by atoms with Gasteiger partial charge in [-0.05, 0) is 37.6 Å². The third-order valence-electron chi connectivity index (χ3n) is 7.46. The van der Waals surface area contributed by atoms with E-state index in [0.29, 0.717) is 22.8 Å². The van der Waals surface area contributed by atoms with Crippen molar-refractivity contribution in [1.82, 2.24) is 14.9 Å². The molecule has 0 bridgehead atoms. The van der Waals surface area contributed by atoms with Crippen LogP contribution >= 0.6 is 11.6 Å². The van der Waals surface area contributed by atoms with E-state index in [1.807, 2.05) is 18.2 Å². The number of aliphatic hydroxyl groups excluding tert-OH is 1. The number of alkyl halides is 6. The number of aromatic nitrogens is 2. The summed E-state index contributed by atoms with van der Waals surface area (Å²) in [5.74, 6) is -2.77. The monoisotopic (exact) mass is 596 g/mol. The fraction of sp³-hybridized carbons (Fsp3) is 0.560. The second kappa shape index (κ2) is 10.9. The number of aliphatic carboxylic acids is 1. The number of carboxylic acids is 1. The third-order valence-corrected chi connectivity index (χ3v) is 7.69. The molecule has 0 saturated carbocycles. The van der Waals surface area contributed by atoms with E-state index < -0.39 is 30.3 Å². The van der Waals surface area contributed by atoms with Crippen LogP contribution in [0.2, 0.25) is 5.02 Å². The van der Waals surface area contributed by atoms with Crippen molar-refractivity contribution in [3.63, 3.8) is 0 Å². The summed E-state index contributed by atoms with van der Waals surface area (Å²) < 4.78 is 77.8. The highest BCUT2D eigenvalue weighted by atomic mass is 35.5. The molecule has 3 aliphatic rings. The van der Waals surface area contributed by atoms with Crippen LogP contribution in [0.1, 0.15) is 35.5 Å². The van der Waals surface area contributed by atoms with Crippen molar-refractivity contribution in [3.8, 4) is 5.75 Å². The molecule has 2 fully saturated rings. The van der Waals surface area contributed by atoms with Crippen LogP contribution < -0.4 is 9.64 Å². The minimum Gasteiger partial charge on any atom is -0.487 e. The number of halogens is 7. The number of aliphatic hydroxyl groups is 1. The SMILES string of the molecule is Cc1nc(C(F)(F)F)nc(N2CC(N3CCC4(CC3)Cc3cc(Cl)ccc3O4)[C@H](O)C2)c1C.O=C(O)C(F)(F)F.